The largest absolute Gasteiger partial charge is 0.508 e. The molecule has 2 saturated carbocycles. The Morgan fingerprint density at radius 2 is 1.73 bits per heavy atom. The number of piperidine rings is 1. The Bertz CT molecular complexity index is 2170. The van der Waals surface area contributed by atoms with Crippen molar-refractivity contribution in [3.05, 3.63) is 42.0 Å². The van der Waals surface area contributed by atoms with E-state index in [0.29, 0.717) is 55.5 Å². The molecular weight excluding hydrogens is 720 g/mol. The number of halogens is 2. The third kappa shape index (κ3) is 5.73. The maximum absolute atomic E-state index is 17.2. The van der Waals surface area contributed by atoms with Crippen molar-refractivity contribution >= 4 is 27.5 Å². The van der Waals surface area contributed by atoms with Crippen LogP contribution in [0.25, 0.3) is 32.9 Å². The lowest BCUT2D eigenvalue weighted by molar-refractivity contribution is -0.123. The number of likely N-dealkylation sites (tertiary alicyclic amines) is 1. The van der Waals surface area contributed by atoms with Crippen LogP contribution in [-0.4, -0.2) is 109 Å². The van der Waals surface area contributed by atoms with E-state index in [4.69, 9.17) is 33.7 Å². The first-order valence-corrected chi connectivity index (χ1v) is 20.5. The molecule has 2 unspecified atom stereocenters. The molecule has 7 aliphatic rings. The minimum atomic E-state index is -0.774. The van der Waals surface area contributed by atoms with Gasteiger partial charge in [0.25, 0.3) is 0 Å². The highest BCUT2D eigenvalue weighted by atomic mass is 19.1. The van der Waals surface area contributed by atoms with E-state index in [1.807, 2.05) is 0 Å². The average Bonchev–Trinajstić information content (AvgIpc) is 3.66. The van der Waals surface area contributed by atoms with Crippen LogP contribution in [0.15, 0.2) is 30.3 Å². The van der Waals surface area contributed by atoms with E-state index in [-0.39, 0.29) is 61.8 Å². The zero-order chi connectivity index (χ0) is 38.3. The molecule has 2 bridgehead atoms. The van der Waals surface area contributed by atoms with Crippen molar-refractivity contribution in [1.29, 1.82) is 0 Å². The molecule has 11 rings (SSSR count). The van der Waals surface area contributed by atoms with Gasteiger partial charge in [-0.05, 0) is 82.0 Å². The summed E-state index contributed by atoms with van der Waals surface area (Å²) in [6, 6.07) is 7.74. The molecule has 1 N–H and O–H groups in total. The number of hydrogen-bond acceptors (Lipinski definition) is 11. The normalized spacial score (nSPS) is 30.1. The third-order valence-electron chi connectivity index (χ3n) is 14.1. The predicted octanol–water partition coefficient (Wildman–Crippen LogP) is 7.20. The van der Waals surface area contributed by atoms with Gasteiger partial charge in [-0.15, -0.1) is 0 Å². The van der Waals surface area contributed by atoms with Gasteiger partial charge in [0.1, 0.15) is 34.0 Å². The second-order valence-electron chi connectivity index (χ2n) is 17.5. The molecule has 0 radical (unpaired) electrons. The first-order chi connectivity index (χ1) is 27.1. The van der Waals surface area contributed by atoms with Crippen molar-refractivity contribution in [2.75, 3.05) is 71.2 Å². The molecule has 11 nitrogen and oxygen atoms in total. The van der Waals surface area contributed by atoms with Crippen LogP contribution in [0.3, 0.4) is 0 Å². The van der Waals surface area contributed by atoms with Crippen LogP contribution in [0.5, 0.6) is 17.6 Å². The molecule has 7 fully saturated rings. The molecule has 1 spiro atoms. The van der Waals surface area contributed by atoms with Gasteiger partial charge in [0, 0.05) is 80.1 Å². The summed E-state index contributed by atoms with van der Waals surface area (Å²) in [6.45, 7) is 8.58. The third-order valence-corrected chi connectivity index (χ3v) is 14.1. The number of rotatable bonds is 8. The van der Waals surface area contributed by atoms with E-state index in [9.17, 15) is 5.11 Å². The number of phenolic OH excluding ortho intramolecular Hbond substituents is 1. The minimum absolute atomic E-state index is 0.0247. The van der Waals surface area contributed by atoms with Gasteiger partial charge in [0.05, 0.1) is 31.5 Å². The van der Waals surface area contributed by atoms with Gasteiger partial charge < -0.3 is 33.7 Å². The van der Waals surface area contributed by atoms with Crippen LogP contribution in [0, 0.1) is 22.5 Å². The molecule has 298 valence electrons. The molecule has 56 heavy (non-hydrogen) atoms. The van der Waals surface area contributed by atoms with Gasteiger partial charge in [-0.3, -0.25) is 4.90 Å². The Morgan fingerprint density at radius 3 is 2.57 bits per heavy atom. The quantitative estimate of drug-likeness (QED) is 0.197. The van der Waals surface area contributed by atoms with Crippen molar-refractivity contribution in [1.82, 2.24) is 19.9 Å². The van der Waals surface area contributed by atoms with Crippen LogP contribution < -0.4 is 14.4 Å². The monoisotopic (exact) mass is 771 g/mol. The molecule has 2 aromatic heterocycles. The summed E-state index contributed by atoms with van der Waals surface area (Å²) in [4.78, 5) is 19.2. The standard InChI is InChI=1S/C43H51F2N5O6/c1-40-23-42(24-40,43(56-40)12-18-54-19-13-43)25-50-14-5-11-41(10-4-9-31(41)50)26-55-39-47-36-33(37(48-39)49-15-6-17-53-20-16-49)38(52-2)46-35(34(36)45)29-22-28(51)21-27-7-3-8-30(44)32(27)29/h3,7-8,21-22,31,51H,4-6,9-20,23-26H2,1-2H3. The van der Waals surface area contributed by atoms with Gasteiger partial charge in [-0.2, -0.15) is 9.97 Å². The molecule has 0 amide bonds. The molecular formula is C43H51F2N5O6. The van der Waals surface area contributed by atoms with Crippen LogP contribution >= 0.6 is 0 Å². The summed E-state index contributed by atoms with van der Waals surface area (Å²) >= 11 is 0. The number of hydrogen-bond donors (Lipinski definition) is 1. The summed E-state index contributed by atoms with van der Waals surface area (Å²) in [7, 11) is 1.46. The Hall–Kier alpha value is -3.91. The maximum Gasteiger partial charge on any atom is 0.319 e. The highest BCUT2D eigenvalue weighted by molar-refractivity contribution is 6.02. The SMILES string of the molecule is COc1nc(-c2cc(O)cc3cccc(F)c23)c(F)c2nc(OCC34CCCC3N(CC35CC(C)(C3)OC53CCOCC3)CCC4)nc(N3CCCOCC3)c12. The number of benzene rings is 2. The van der Waals surface area contributed by atoms with E-state index in [2.05, 4.69) is 21.7 Å². The highest BCUT2D eigenvalue weighted by Crippen LogP contribution is 2.69. The number of fused-ring (bicyclic) bond motifs is 3. The van der Waals surface area contributed by atoms with Crippen molar-refractivity contribution in [3.8, 4) is 28.9 Å². The van der Waals surface area contributed by atoms with Crippen LogP contribution in [0.1, 0.15) is 71.1 Å². The number of methoxy groups -OCH3 is 1. The summed E-state index contributed by atoms with van der Waals surface area (Å²) in [5.41, 5.74) is -0.184. The number of pyridine rings is 1. The lowest BCUT2D eigenvalue weighted by atomic mass is 9.54. The van der Waals surface area contributed by atoms with Crippen molar-refractivity contribution in [2.24, 2.45) is 10.8 Å². The molecule has 5 saturated heterocycles. The van der Waals surface area contributed by atoms with Gasteiger partial charge >= 0.3 is 6.01 Å². The number of phenols is 1. The number of ether oxygens (including phenoxy) is 5. The molecule has 7 heterocycles. The second kappa shape index (κ2) is 13.6. The van der Waals surface area contributed by atoms with Crippen molar-refractivity contribution in [2.45, 2.75) is 88.4 Å². The fourth-order valence-corrected chi connectivity index (χ4v) is 12.0. The van der Waals surface area contributed by atoms with E-state index in [1.54, 1.807) is 12.1 Å². The molecule has 13 heteroatoms. The number of nitrogens with zero attached hydrogens (tertiary/aromatic N) is 5. The molecule has 5 aliphatic heterocycles. The van der Waals surface area contributed by atoms with Gasteiger partial charge in [0.15, 0.2) is 5.82 Å². The van der Waals surface area contributed by atoms with E-state index < -0.39 is 11.6 Å². The molecule has 2 atom stereocenters. The second-order valence-corrected chi connectivity index (χ2v) is 17.5. The summed E-state index contributed by atoms with van der Waals surface area (Å²) in [6.07, 6.45) is 10.3. The van der Waals surface area contributed by atoms with Gasteiger partial charge in [-0.25, -0.2) is 13.8 Å². The maximum atomic E-state index is 17.2. The van der Waals surface area contributed by atoms with Crippen LogP contribution in [-0.2, 0) is 14.2 Å². The zero-order valence-corrected chi connectivity index (χ0v) is 32.4. The molecule has 2 aliphatic carbocycles. The smallest absolute Gasteiger partial charge is 0.319 e. The Labute approximate surface area is 325 Å². The molecule has 2 aromatic carbocycles. The number of aromatic hydroxyl groups is 1. The van der Waals surface area contributed by atoms with Crippen LogP contribution in [0.4, 0.5) is 14.6 Å². The first-order valence-electron chi connectivity index (χ1n) is 20.5. The predicted molar refractivity (Wildman–Crippen MR) is 206 cm³/mol. The summed E-state index contributed by atoms with van der Waals surface area (Å²) < 4.78 is 63.6. The van der Waals surface area contributed by atoms with Crippen molar-refractivity contribution < 1.29 is 37.6 Å². The topological polar surface area (TPSA) is 112 Å². The first kappa shape index (κ1) is 36.4. The van der Waals surface area contributed by atoms with Gasteiger partial charge in [0.2, 0.25) is 5.88 Å². The van der Waals surface area contributed by atoms with Crippen LogP contribution in [0.2, 0.25) is 0 Å². The summed E-state index contributed by atoms with van der Waals surface area (Å²) in [5.74, 6) is -0.924. The Morgan fingerprint density at radius 1 is 0.911 bits per heavy atom. The lowest BCUT2D eigenvalue weighted by Gasteiger charge is -2.54. The lowest BCUT2D eigenvalue weighted by Crippen LogP contribution is -2.61. The fourth-order valence-electron chi connectivity index (χ4n) is 12.0. The zero-order valence-electron chi connectivity index (χ0n) is 32.4. The minimum Gasteiger partial charge on any atom is -0.508 e. The Kier molecular flexibility index (Phi) is 8.85. The van der Waals surface area contributed by atoms with Gasteiger partial charge in [-0.1, -0.05) is 18.6 Å². The van der Waals surface area contributed by atoms with E-state index >= 15 is 8.78 Å². The average molecular weight is 772 g/mol. The fraction of sp³-hybridized carbons (Fsp3) is 0.605. The summed E-state index contributed by atoms with van der Waals surface area (Å²) in [5, 5.41) is 11.5. The van der Waals surface area contributed by atoms with E-state index in [0.717, 1.165) is 90.5 Å². The number of aromatic nitrogens is 3. The molecule has 4 aromatic rings. The van der Waals surface area contributed by atoms with E-state index in [1.165, 1.54) is 25.3 Å². The number of anilines is 1. The highest BCUT2D eigenvalue weighted by Gasteiger charge is 2.73. The van der Waals surface area contributed by atoms with Crippen molar-refractivity contribution in [3.63, 3.8) is 0 Å². The Balaban J connectivity index is 1.02.